The third-order valence-electron chi connectivity index (χ3n) is 2.92. The quantitative estimate of drug-likeness (QED) is 0.708. The highest BCUT2D eigenvalue weighted by Crippen LogP contribution is 2.14. The molecule has 1 aromatic carbocycles. The second-order valence-corrected chi connectivity index (χ2v) is 4.17. The van der Waals surface area contributed by atoms with Crippen LogP contribution in [0.1, 0.15) is 5.56 Å². The van der Waals surface area contributed by atoms with Gasteiger partial charge < -0.3 is 0 Å². The minimum atomic E-state index is -0.692. The molecule has 96 valence electrons. The largest absolute Gasteiger partial charge is 0.333 e. The fourth-order valence-electron chi connectivity index (χ4n) is 1.93. The van der Waals surface area contributed by atoms with Gasteiger partial charge in [0.2, 0.25) is 0 Å². The van der Waals surface area contributed by atoms with Gasteiger partial charge in [-0.05, 0) is 12.1 Å². The first-order valence-corrected chi connectivity index (χ1v) is 5.80. The van der Waals surface area contributed by atoms with Gasteiger partial charge in [0.15, 0.2) is 0 Å². The highest BCUT2D eigenvalue weighted by Gasteiger charge is 2.06. The van der Waals surface area contributed by atoms with E-state index in [4.69, 9.17) is 5.26 Å². The number of benzene rings is 1. The summed E-state index contributed by atoms with van der Waals surface area (Å²) in [6.07, 6.45) is 2.73. The van der Waals surface area contributed by atoms with E-state index in [9.17, 15) is 9.59 Å². The summed E-state index contributed by atoms with van der Waals surface area (Å²) >= 11 is 0. The average Bonchev–Trinajstić information content (AvgIpc) is 2.47. The molecule has 0 unspecified atom stereocenters. The second-order valence-electron chi connectivity index (χ2n) is 4.17. The van der Waals surface area contributed by atoms with Gasteiger partial charge in [-0.3, -0.25) is 19.3 Å². The van der Waals surface area contributed by atoms with Crippen molar-refractivity contribution in [2.75, 3.05) is 0 Å². The summed E-state index contributed by atoms with van der Waals surface area (Å²) in [6, 6.07) is 11.0. The van der Waals surface area contributed by atoms with Crippen molar-refractivity contribution in [1.82, 2.24) is 14.5 Å². The third kappa shape index (κ3) is 1.87. The maximum absolute atomic E-state index is 11.8. The standard InChI is InChI=1S/C14H8N4O2/c15-6-10-8-18(14(20)17-13(10)19)11-5-9-3-1-2-4-12(9)16-7-11/h1-5,7-8H,(H,17,19,20). The van der Waals surface area contributed by atoms with Crippen molar-refractivity contribution in [2.45, 2.75) is 0 Å². The molecule has 0 aliphatic rings. The Morgan fingerprint density at radius 3 is 2.85 bits per heavy atom. The molecule has 3 rings (SSSR count). The monoisotopic (exact) mass is 264 g/mol. The molecular weight excluding hydrogens is 256 g/mol. The number of aromatic nitrogens is 3. The Morgan fingerprint density at radius 1 is 1.25 bits per heavy atom. The molecule has 0 bridgehead atoms. The lowest BCUT2D eigenvalue weighted by Gasteiger charge is -2.06. The third-order valence-corrected chi connectivity index (χ3v) is 2.92. The Bertz CT molecular complexity index is 963. The Balaban J connectivity index is 2.28. The van der Waals surface area contributed by atoms with Gasteiger partial charge in [-0.1, -0.05) is 18.2 Å². The van der Waals surface area contributed by atoms with E-state index in [1.165, 1.54) is 17.0 Å². The number of rotatable bonds is 1. The molecule has 0 aliphatic heterocycles. The zero-order valence-corrected chi connectivity index (χ0v) is 10.2. The molecule has 0 radical (unpaired) electrons. The van der Waals surface area contributed by atoms with E-state index in [0.29, 0.717) is 5.69 Å². The van der Waals surface area contributed by atoms with E-state index in [1.807, 2.05) is 24.3 Å². The van der Waals surface area contributed by atoms with Gasteiger partial charge in [0.1, 0.15) is 11.6 Å². The summed E-state index contributed by atoms with van der Waals surface area (Å²) in [5.74, 6) is 0. The van der Waals surface area contributed by atoms with Crippen LogP contribution in [0.2, 0.25) is 0 Å². The minimum Gasteiger partial charge on any atom is -0.273 e. The molecule has 2 aromatic heterocycles. The van der Waals surface area contributed by atoms with Gasteiger partial charge in [-0.15, -0.1) is 0 Å². The first-order chi connectivity index (χ1) is 9.69. The highest BCUT2D eigenvalue weighted by molar-refractivity contribution is 5.80. The van der Waals surface area contributed by atoms with Crippen LogP contribution >= 0.6 is 0 Å². The van der Waals surface area contributed by atoms with Crippen molar-refractivity contribution < 1.29 is 0 Å². The summed E-state index contributed by atoms with van der Waals surface area (Å²) in [6.45, 7) is 0. The smallest absolute Gasteiger partial charge is 0.273 e. The molecule has 1 N–H and O–H groups in total. The lowest BCUT2D eigenvalue weighted by atomic mass is 10.2. The molecule has 0 spiro atoms. The molecule has 20 heavy (non-hydrogen) atoms. The van der Waals surface area contributed by atoms with Crippen LogP contribution in [0.4, 0.5) is 0 Å². The number of hydrogen-bond donors (Lipinski definition) is 1. The van der Waals surface area contributed by atoms with Crippen molar-refractivity contribution in [3.05, 3.63) is 69.1 Å². The highest BCUT2D eigenvalue weighted by atomic mass is 16.2. The summed E-state index contributed by atoms with van der Waals surface area (Å²) in [4.78, 5) is 29.5. The van der Waals surface area contributed by atoms with Crippen molar-refractivity contribution in [3.8, 4) is 11.8 Å². The SMILES string of the molecule is N#Cc1cn(-c2cnc3ccccc3c2)c(=O)[nH]c1=O. The van der Waals surface area contributed by atoms with Gasteiger partial charge in [-0.2, -0.15) is 5.26 Å². The van der Waals surface area contributed by atoms with Gasteiger partial charge >= 0.3 is 5.69 Å². The molecule has 3 aromatic rings. The van der Waals surface area contributed by atoms with Crippen LogP contribution in [0.25, 0.3) is 16.6 Å². The van der Waals surface area contributed by atoms with Crippen LogP contribution in [0.5, 0.6) is 0 Å². The predicted octanol–water partition coefficient (Wildman–Crippen LogP) is 0.946. The molecule has 6 nitrogen and oxygen atoms in total. The van der Waals surface area contributed by atoms with Crippen LogP contribution in [0.3, 0.4) is 0 Å². The summed E-state index contributed by atoms with van der Waals surface area (Å²) in [5.41, 5.74) is -0.137. The van der Waals surface area contributed by atoms with E-state index in [0.717, 1.165) is 10.9 Å². The van der Waals surface area contributed by atoms with Gasteiger partial charge in [0.25, 0.3) is 5.56 Å². The molecule has 2 heterocycles. The number of fused-ring (bicyclic) bond motifs is 1. The minimum absolute atomic E-state index is 0.127. The average molecular weight is 264 g/mol. The number of nitriles is 1. The molecule has 0 fully saturated rings. The number of aromatic amines is 1. The van der Waals surface area contributed by atoms with Crippen molar-refractivity contribution in [2.24, 2.45) is 0 Å². The van der Waals surface area contributed by atoms with Crippen LogP contribution in [0, 0.1) is 11.3 Å². The van der Waals surface area contributed by atoms with E-state index >= 15 is 0 Å². The van der Waals surface area contributed by atoms with Crippen LogP contribution in [0.15, 0.2) is 52.3 Å². The Labute approximate surface area is 112 Å². The Kier molecular flexibility index (Phi) is 2.66. The maximum atomic E-state index is 11.8. The van der Waals surface area contributed by atoms with E-state index in [-0.39, 0.29) is 5.56 Å². The van der Waals surface area contributed by atoms with Gasteiger partial charge in [0, 0.05) is 11.6 Å². The van der Waals surface area contributed by atoms with Crippen molar-refractivity contribution in [3.63, 3.8) is 0 Å². The summed E-state index contributed by atoms with van der Waals surface area (Å²) in [5, 5.41) is 9.71. The zero-order chi connectivity index (χ0) is 14.1. The van der Waals surface area contributed by atoms with Crippen molar-refractivity contribution >= 4 is 10.9 Å². The van der Waals surface area contributed by atoms with E-state index in [1.54, 1.807) is 12.1 Å². The first-order valence-electron chi connectivity index (χ1n) is 5.80. The second kappa shape index (κ2) is 4.48. The number of H-pyrrole nitrogens is 1. The maximum Gasteiger partial charge on any atom is 0.333 e. The lowest BCUT2D eigenvalue weighted by Crippen LogP contribution is -2.30. The van der Waals surface area contributed by atoms with Crippen LogP contribution in [-0.2, 0) is 0 Å². The molecular formula is C14H8N4O2. The van der Waals surface area contributed by atoms with Gasteiger partial charge in [0.05, 0.1) is 17.4 Å². The van der Waals surface area contributed by atoms with Crippen LogP contribution in [-0.4, -0.2) is 14.5 Å². The molecule has 0 atom stereocenters. The fourth-order valence-corrected chi connectivity index (χ4v) is 1.93. The number of nitrogens with one attached hydrogen (secondary N) is 1. The molecule has 0 amide bonds. The topological polar surface area (TPSA) is 91.5 Å². The van der Waals surface area contributed by atoms with E-state index in [2.05, 4.69) is 9.97 Å². The first kappa shape index (κ1) is 11.9. The van der Waals surface area contributed by atoms with Crippen molar-refractivity contribution in [1.29, 1.82) is 5.26 Å². The predicted molar refractivity (Wildman–Crippen MR) is 72.7 cm³/mol. The Morgan fingerprint density at radius 2 is 2.05 bits per heavy atom. The molecule has 0 aliphatic carbocycles. The fraction of sp³-hybridized carbons (Fsp3) is 0. The zero-order valence-electron chi connectivity index (χ0n) is 10.2. The Hall–Kier alpha value is -3.20. The number of para-hydroxylation sites is 1. The molecule has 6 heteroatoms. The molecule has 0 saturated carbocycles. The molecule has 0 saturated heterocycles. The lowest BCUT2D eigenvalue weighted by molar-refractivity contribution is 0.886. The number of hydrogen-bond acceptors (Lipinski definition) is 4. The van der Waals surface area contributed by atoms with Gasteiger partial charge in [-0.25, -0.2) is 4.79 Å². The summed E-state index contributed by atoms with van der Waals surface area (Å²) < 4.78 is 1.19. The normalized spacial score (nSPS) is 10.3. The van der Waals surface area contributed by atoms with E-state index < -0.39 is 11.2 Å². The number of nitrogens with zero attached hydrogens (tertiary/aromatic N) is 3. The summed E-state index contributed by atoms with van der Waals surface area (Å²) in [7, 11) is 0. The van der Waals surface area contributed by atoms with Crippen LogP contribution < -0.4 is 11.2 Å². The number of pyridine rings is 1.